The predicted octanol–water partition coefficient (Wildman–Crippen LogP) is 2.23. The zero-order valence-corrected chi connectivity index (χ0v) is 14.8. The van der Waals surface area contributed by atoms with Crippen molar-refractivity contribution in [2.24, 2.45) is 0 Å². The lowest BCUT2D eigenvalue weighted by atomic mass is 10.2. The number of halogens is 1. The predicted molar refractivity (Wildman–Crippen MR) is 97.2 cm³/mol. The Labute approximate surface area is 153 Å². The Morgan fingerprint density at radius 3 is 2.08 bits per heavy atom. The van der Waals surface area contributed by atoms with Crippen LogP contribution in [0.15, 0.2) is 73.3 Å². The molecule has 0 aliphatic rings. The first-order chi connectivity index (χ1) is 11.5. The highest BCUT2D eigenvalue weighted by Crippen LogP contribution is 2.16. The molecule has 0 amide bonds. The van der Waals surface area contributed by atoms with Crippen LogP contribution in [0, 0.1) is 3.57 Å². The van der Waals surface area contributed by atoms with Gasteiger partial charge in [-0.05, 0) is 46.9 Å². The Morgan fingerprint density at radius 1 is 1.12 bits per heavy atom. The van der Waals surface area contributed by atoms with Gasteiger partial charge in [-0.15, -0.1) is 0 Å². The number of rotatable bonds is 1. The molecular formula is C17H16IN3O3. The topological polar surface area (TPSA) is 113 Å². The van der Waals surface area contributed by atoms with Crippen molar-refractivity contribution in [3.05, 3.63) is 82.5 Å². The number of hydrogen-bond acceptors (Lipinski definition) is 4. The number of nitrogens with two attached hydrogens (primary N) is 1. The van der Waals surface area contributed by atoms with Crippen LogP contribution in [-0.2, 0) is 0 Å². The molecule has 4 N–H and O–H groups in total. The number of aromatic amines is 1. The standard InChI is InChI=1S/C7H5IO3.C5H6N2.C5H5N/c8-4-1-2-6(9)5(3-4)7(10)11;6-5-1-3-7-4-2-5;1-2-4-6-5-3-1/h1-3,9H,(H,10,11);1-4H,(H2,6,7);1-5H. The molecule has 0 saturated carbocycles. The molecule has 124 valence electrons. The van der Waals surface area contributed by atoms with Gasteiger partial charge in [0.05, 0.1) is 5.56 Å². The Kier molecular flexibility index (Phi) is 8.84. The summed E-state index contributed by atoms with van der Waals surface area (Å²) in [5.74, 6) is -1.62. The minimum absolute atomic E-state index is 0.170. The second-order valence-electron chi connectivity index (χ2n) is 4.30. The van der Waals surface area contributed by atoms with Gasteiger partial charge in [-0.3, -0.25) is 4.98 Å². The molecule has 0 aliphatic carbocycles. The van der Waals surface area contributed by atoms with Gasteiger partial charge < -0.3 is 15.9 Å². The zero-order chi connectivity index (χ0) is 17.8. The Bertz CT molecular complexity index is 714. The molecule has 2 aromatic heterocycles. The normalized spacial score (nSPS) is 8.88. The number of pyridine rings is 2. The van der Waals surface area contributed by atoms with Crippen LogP contribution in [-0.4, -0.2) is 16.1 Å². The Balaban J connectivity index is 0.000000191. The van der Waals surface area contributed by atoms with Crippen molar-refractivity contribution in [1.82, 2.24) is 4.98 Å². The van der Waals surface area contributed by atoms with Crippen LogP contribution in [0.4, 0.5) is 5.69 Å². The van der Waals surface area contributed by atoms with E-state index < -0.39 is 11.7 Å². The lowest BCUT2D eigenvalue weighted by Gasteiger charge is -2.08. The number of nitrogens with one attached hydrogen (secondary N) is 1. The number of carboxylic acids is 1. The number of H-pyrrole nitrogens is 1. The third-order valence-electron chi connectivity index (χ3n) is 2.48. The molecule has 1 aromatic carbocycles. The van der Waals surface area contributed by atoms with Gasteiger partial charge in [0.25, 0.3) is 0 Å². The van der Waals surface area contributed by atoms with Crippen LogP contribution in [0.25, 0.3) is 0 Å². The molecule has 24 heavy (non-hydrogen) atoms. The van der Waals surface area contributed by atoms with Crippen LogP contribution in [0.1, 0.15) is 10.4 Å². The first-order valence-electron chi connectivity index (χ1n) is 6.77. The van der Waals surface area contributed by atoms with Gasteiger partial charge >= 0.3 is 5.97 Å². The van der Waals surface area contributed by atoms with E-state index in [1.807, 2.05) is 40.8 Å². The van der Waals surface area contributed by atoms with E-state index in [1.54, 1.807) is 43.0 Å². The van der Waals surface area contributed by atoms with Gasteiger partial charge in [-0.1, -0.05) is 17.9 Å². The second kappa shape index (κ2) is 10.9. The van der Waals surface area contributed by atoms with Crippen LogP contribution >= 0.6 is 22.6 Å². The summed E-state index contributed by atoms with van der Waals surface area (Å²) in [5, 5.41) is 19.3. The smallest absolute Gasteiger partial charge is 0.335 e. The molecule has 6 nitrogen and oxygen atoms in total. The molecule has 3 aromatic rings. The van der Waals surface area contributed by atoms with Crippen molar-refractivity contribution >= 4 is 34.2 Å². The van der Waals surface area contributed by atoms with Crippen molar-refractivity contribution in [2.75, 3.05) is 5.73 Å². The minimum Gasteiger partial charge on any atom is -0.872 e. The molecule has 2 heterocycles. The van der Waals surface area contributed by atoms with E-state index >= 15 is 0 Å². The third-order valence-corrected chi connectivity index (χ3v) is 3.15. The van der Waals surface area contributed by atoms with E-state index in [4.69, 9.17) is 10.8 Å². The number of nitrogens with zero attached hydrogens (tertiary/aromatic N) is 1. The number of hydrogen-bond donors (Lipinski definition) is 2. The summed E-state index contributed by atoms with van der Waals surface area (Å²) in [6.45, 7) is 0. The van der Waals surface area contributed by atoms with Crippen LogP contribution in [0.5, 0.6) is 5.75 Å². The molecule has 0 unspecified atom stereocenters. The molecule has 0 saturated heterocycles. The molecule has 7 heteroatoms. The number of nitrogen functional groups attached to an aromatic ring is 1. The molecule has 0 atom stereocenters. The maximum atomic E-state index is 10.8. The van der Waals surface area contributed by atoms with Crippen molar-refractivity contribution in [2.45, 2.75) is 0 Å². The van der Waals surface area contributed by atoms with Crippen LogP contribution < -0.4 is 15.8 Å². The molecule has 0 spiro atoms. The average molecular weight is 437 g/mol. The second-order valence-corrected chi connectivity index (χ2v) is 5.55. The largest absolute Gasteiger partial charge is 0.872 e. The Hall–Kier alpha value is -2.68. The maximum Gasteiger partial charge on any atom is 0.335 e. The monoisotopic (exact) mass is 437 g/mol. The maximum absolute atomic E-state index is 10.8. The summed E-state index contributed by atoms with van der Waals surface area (Å²) in [6, 6.07) is 13.5. The average Bonchev–Trinajstić information content (AvgIpc) is 2.60. The van der Waals surface area contributed by atoms with E-state index in [9.17, 15) is 9.90 Å². The highest BCUT2D eigenvalue weighted by Gasteiger charge is 2.02. The van der Waals surface area contributed by atoms with Crippen molar-refractivity contribution < 1.29 is 20.0 Å². The van der Waals surface area contributed by atoms with E-state index in [0.29, 0.717) is 0 Å². The summed E-state index contributed by atoms with van der Waals surface area (Å²) in [5.41, 5.74) is 5.96. The van der Waals surface area contributed by atoms with Gasteiger partial charge in [0.1, 0.15) is 0 Å². The summed E-state index contributed by atoms with van der Waals surface area (Å²) in [4.78, 5) is 17.0. The third kappa shape index (κ3) is 8.08. The van der Waals surface area contributed by atoms with Crippen LogP contribution in [0.3, 0.4) is 0 Å². The summed E-state index contributed by atoms with van der Waals surface area (Å²) in [6.07, 6.45) is 7.07. The van der Waals surface area contributed by atoms with Gasteiger partial charge in [-0.25, -0.2) is 9.78 Å². The number of anilines is 1. The van der Waals surface area contributed by atoms with Crippen LogP contribution in [0.2, 0.25) is 0 Å². The van der Waals surface area contributed by atoms with E-state index in [1.165, 1.54) is 12.1 Å². The first-order valence-corrected chi connectivity index (χ1v) is 7.85. The van der Waals surface area contributed by atoms with E-state index in [2.05, 4.69) is 9.97 Å². The van der Waals surface area contributed by atoms with Crippen molar-refractivity contribution in [3.63, 3.8) is 0 Å². The van der Waals surface area contributed by atoms with Crippen molar-refractivity contribution in [1.29, 1.82) is 0 Å². The highest BCUT2D eigenvalue weighted by molar-refractivity contribution is 14.1. The quantitative estimate of drug-likeness (QED) is 0.567. The summed E-state index contributed by atoms with van der Waals surface area (Å²) < 4.78 is 0.750. The lowest BCUT2D eigenvalue weighted by Crippen LogP contribution is -2.03. The number of carboxylic acid groups (broad SMARTS) is 1. The summed E-state index contributed by atoms with van der Waals surface area (Å²) >= 11 is 1.95. The SMILES string of the molecule is Nc1cc[nH+]cc1.O=C(O)c1cc(I)ccc1[O-].c1ccncc1. The Morgan fingerprint density at radius 2 is 1.75 bits per heavy atom. The summed E-state index contributed by atoms with van der Waals surface area (Å²) in [7, 11) is 0. The van der Waals surface area contributed by atoms with Gasteiger partial charge in [0, 0.05) is 33.8 Å². The van der Waals surface area contributed by atoms with E-state index in [-0.39, 0.29) is 5.56 Å². The molecular weight excluding hydrogens is 421 g/mol. The fourth-order valence-electron chi connectivity index (χ4n) is 1.38. The number of aromatic carboxylic acids is 1. The fourth-order valence-corrected chi connectivity index (χ4v) is 1.87. The van der Waals surface area contributed by atoms with E-state index in [0.717, 1.165) is 9.26 Å². The van der Waals surface area contributed by atoms with Crippen molar-refractivity contribution in [3.8, 4) is 5.75 Å². The number of carbonyl (C=O) groups is 1. The number of aromatic nitrogens is 2. The molecule has 3 rings (SSSR count). The van der Waals surface area contributed by atoms with Gasteiger partial charge in [-0.2, -0.15) is 0 Å². The highest BCUT2D eigenvalue weighted by atomic mass is 127. The lowest BCUT2D eigenvalue weighted by molar-refractivity contribution is -0.377. The zero-order valence-electron chi connectivity index (χ0n) is 12.6. The fraction of sp³-hybridized carbons (Fsp3) is 0. The number of benzene rings is 1. The molecule has 0 fully saturated rings. The van der Waals surface area contributed by atoms with Gasteiger partial charge in [0.2, 0.25) is 0 Å². The van der Waals surface area contributed by atoms with Gasteiger partial charge in [0.15, 0.2) is 12.4 Å². The minimum atomic E-state index is -1.17. The molecule has 0 bridgehead atoms. The molecule has 0 aliphatic heterocycles. The first kappa shape index (κ1) is 19.4. The molecule has 0 radical (unpaired) electrons.